The standard InChI is InChI=1S/C12H16N6/c1-18-8-7-11(17-18)9-14-12(16-13)15-10-5-3-2-4-6-10/h2-8H,9,13H2,1H3,(H2,14,15,16). The van der Waals surface area contributed by atoms with Crippen LogP contribution in [-0.2, 0) is 13.6 Å². The Hall–Kier alpha value is -2.34. The van der Waals surface area contributed by atoms with Crippen molar-refractivity contribution in [3.8, 4) is 0 Å². The van der Waals surface area contributed by atoms with E-state index < -0.39 is 0 Å². The number of aromatic nitrogens is 2. The number of hydrogen-bond acceptors (Lipinski definition) is 3. The van der Waals surface area contributed by atoms with E-state index in [0.717, 1.165) is 11.4 Å². The summed E-state index contributed by atoms with van der Waals surface area (Å²) in [6.07, 6.45) is 1.88. The SMILES string of the molecule is Cn1ccc(CN=C(NN)Nc2ccccc2)n1. The first-order valence-corrected chi connectivity index (χ1v) is 5.59. The van der Waals surface area contributed by atoms with Gasteiger partial charge in [0.1, 0.15) is 0 Å². The summed E-state index contributed by atoms with van der Waals surface area (Å²) in [4.78, 5) is 4.31. The summed E-state index contributed by atoms with van der Waals surface area (Å²) in [5, 5.41) is 7.32. The minimum Gasteiger partial charge on any atom is -0.325 e. The minimum atomic E-state index is 0.472. The number of guanidine groups is 1. The van der Waals surface area contributed by atoms with Gasteiger partial charge < -0.3 is 5.32 Å². The Morgan fingerprint density at radius 3 is 2.72 bits per heavy atom. The summed E-state index contributed by atoms with van der Waals surface area (Å²) < 4.78 is 1.74. The molecule has 2 rings (SSSR count). The van der Waals surface area contributed by atoms with Crippen LogP contribution in [0.3, 0.4) is 0 Å². The fourth-order valence-electron chi connectivity index (χ4n) is 1.49. The quantitative estimate of drug-likeness (QED) is 0.324. The van der Waals surface area contributed by atoms with Gasteiger partial charge in [-0.05, 0) is 18.2 Å². The molecule has 94 valence electrons. The molecule has 1 aromatic heterocycles. The number of hydrogen-bond donors (Lipinski definition) is 3. The van der Waals surface area contributed by atoms with Crippen molar-refractivity contribution in [1.82, 2.24) is 15.2 Å². The van der Waals surface area contributed by atoms with E-state index in [4.69, 9.17) is 5.84 Å². The maximum absolute atomic E-state index is 5.42. The van der Waals surface area contributed by atoms with E-state index >= 15 is 0 Å². The highest BCUT2D eigenvalue weighted by atomic mass is 15.3. The van der Waals surface area contributed by atoms with Gasteiger partial charge >= 0.3 is 0 Å². The van der Waals surface area contributed by atoms with Crippen molar-refractivity contribution in [3.05, 3.63) is 48.3 Å². The summed E-state index contributed by atoms with van der Waals surface area (Å²) in [5.74, 6) is 5.93. The van der Waals surface area contributed by atoms with E-state index in [0.29, 0.717) is 12.5 Å². The van der Waals surface area contributed by atoms with E-state index in [1.807, 2.05) is 49.6 Å². The van der Waals surface area contributed by atoms with Crippen molar-refractivity contribution < 1.29 is 0 Å². The monoisotopic (exact) mass is 244 g/mol. The molecule has 0 fully saturated rings. The molecule has 1 aromatic carbocycles. The maximum atomic E-state index is 5.42. The molecule has 1 heterocycles. The number of nitrogens with zero attached hydrogens (tertiary/aromatic N) is 3. The number of hydrazine groups is 1. The van der Waals surface area contributed by atoms with Gasteiger partial charge in [-0.1, -0.05) is 18.2 Å². The Morgan fingerprint density at radius 1 is 1.33 bits per heavy atom. The Bertz CT molecular complexity index is 516. The van der Waals surface area contributed by atoms with Crippen molar-refractivity contribution in [1.29, 1.82) is 0 Å². The molecule has 4 N–H and O–H groups in total. The van der Waals surface area contributed by atoms with E-state index in [-0.39, 0.29) is 0 Å². The number of para-hydroxylation sites is 1. The molecule has 0 aliphatic rings. The van der Waals surface area contributed by atoms with Crippen molar-refractivity contribution >= 4 is 11.6 Å². The van der Waals surface area contributed by atoms with Crippen molar-refractivity contribution in [2.75, 3.05) is 5.32 Å². The van der Waals surface area contributed by atoms with E-state index in [9.17, 15) is 0 Å². The average molecular weight is 244 g/mol. The van der Waals surface area contributed by atoms with Crippen LogP contribution >= 0.6 is 0 Å². The number of nitrogens with two attached hydrogens (primary N) is 1. The fraction of sp³-hybridized carbons (Fsp3) is 0.167. The Labute approximate surface area is 105 Å². The maximum Gasteiger partial charge on any atom is 0.210 e. The first-order chi connectivity index (χ1) is 8.78. The van der Waals surface area contributed by atoms with Crippen LogP contribution < -0.4 is 16.6 Å². The van der Waals surface area contributed by atoms with Crippen molar-refractivity contribution in [3.63, 3.8) is 0 Å². The number of rotatable bonds is 3. The molecule has 0 saturated carbocycles. The van der Waals surface area contributed by atoms with Gasteiger partial charge in [0.05, 0.1) is 12.2 Å². The molecular formula is C12H16N6. The Balaban J connectivity index is 2.00. The van der Waals surface area contributed by atoms with Gasteiger partial charge in [-0.25, -0.2) is 10.8 Å². The minimum absolute atomic E-state index is 0.472. The second-order valence-corrected chi connectivity index (χ2v) is 3.78. The number of aryl methyl sites for hydroxylation is 1. The molecule has 2 aromatic rings. The molecule has 0 saturated heterocycles. The Morgan fingerprint density at radius 2 is 2.11 bits per heavy atom. The van der Waals surface area contributed by atoms with Gasteiger partial charge in [-0.2, -0.15) is 5.10 Å². The van der Waals surface area contributed by atoms with Gasteiger partial charge in [-0.3, -0.25) is 10.1 Å². The van der Waals surface area contributed by atoms with Crippen molar-refractivity contribution in [2.24, 2.45) is 17.9 Å². The lowest BCUT2D eigenvalue weighted by atomic mass is 10.3. The molecule has 0 spiro atoms. The molecular weight excluding hydrogens is 228 g/mol. The summed E-state index contributed by atoms with van der Waals surface area (Å²) in [6, 6.07) is 11.6. The highest BCUT2D eigenvalue weighted by Crippen LogP contribution is 2.04. The van der Waals surface area contributed by atoms with Crippen molar-refractivity contribution in [2.45, 2.75) is 6.54 Å². The molecule has 6 heteroatoms. The lowest BCUT2D eigenvalue weighted by Crippen LogP contribution is -2.36. The summed E-state index contributed by atoms with van der Waals surface area (Å²) in [5.41, 5.74) is 4.35. The first-order valence-electron chi connectivity index (χ1n) is 5.59. The van der Waals surface area contributed by atoms with Crippen LogP contribution in [0.2, 0.25) is 0 Å². The van der Waals surface area contributed by atoms with Crippen LogP contribution in [0.25, 0.3) is 0 Å². The number of anilines is 1. The van der Waals surface area contributed by atoms with Crippen LogP contribution in [0.4, 0.5) is 5.69 Å². The first kappa shape index (κ1) is 12.1. The molecule has 0 aliphatic carbocycles. The zero-order valence-electron chi connectivity index (χ0n) is 10.2. The van der Waals surface area contributed by atoms with Crippen LogP contribution in [0.5, 0.6) is 0 Å². The average Bonchev–Trinajstić information content (AvgIpc) is 2.81. The topological polar surface area (TPSA) is 80.3 Å². The van der Waals surface area contributed by atoms with Gasteiger partial charge in [0, 0.05) is 18.9 Å². The molecule has 0 bridgehead atoms. The number of nitrogens with one attached hydrogen (secondary N) is 2. The third kappa shape index (κ3) is 3.33. The molecule has 0 amide bonds. The zero-order chi connectivity index (χ0) is 12.8. The molecule has 6 nitrogen and oxygen atoms in total. The number of aliphatic imine (C=N–C) groups is 1. The zero-order valence-corrected chi connectivity index (χ0v) is 10.2. The van der Waals surface area contributed by atoms with Gasteiger partial charge in [0.25, 0.3) is 0 Å². The largest absolute Gasteiger partial charge is 0.325 e. The van der Waals surface area contributed by atoms with Gasteiger partial charge in [0.15, 0.2) is 0 Å². The summed E-state index contributed by atoms with van der Waals surface area (Å²) in [7, 11) is 1.87. The highest BCUT2D eigenvalue weighted by molar-refractivity contribution is 5.93. The lowest BCUT2D eigenvalue weighted by molar-refractivity contribution is 0.742. The fourth-order valence-corrected chi connectivity index (χ4v) is 1.49. The molecule has 0 atom stereocenters. The van der Waals surface area contributed by atoms with Gasteiger partial charge in [0.2, 0.25) is 5.96 Å². The van der Waals surface area contributed by atoms with Crippen LogP contribution in [0, 0.1) is 0 Å². The molecule has 0 unspecified atom stereocenters. The van der Waals surface area contributed by atoms with E-state index in [1.54, 1.807) is 4.68 Å². The smallest absolute Gasteiger partial charge is 0.210 e. The van der Waals surface area contributed by atoms with E-state index in [2.05, 4.69) is 20.8 Å². The third-order valence-corrected chi connectivity index (χ3v) is 2.34. The normalized spacial score (nSPS) is 11.3. The number of benzene rings is 1. The van der Waals surface area contributed by atoms with Crippen LogP contribution in [0.15, 0.2) is 47.6 Å². The third-order valence-electron chi connectivity index (χ3n) is 2.34. The predicted molar refractivity (Wildman–Crippen MR) is 71.7 cm³/mol. The summed E-state index contributed by atoms with van der Waals surface area (Å²) >= 11 is 0. The second kappa shape index (κ2) is 5.83. The lowest BCUT2D eigenvalue weighted by Gasteiger charge is -2.08. The molecule has 0 radical (unpaired) electrons. The van der Waals surface area contributed by atoms with Gasteiger partial charge in [-0.15, -0.1) is 0 Å². The molecule has 18 heavy (non-hydrogen) atoms. The Kier molecular flexibility index (Phi) is 3.93. The second-order valence-electron chi connectivity index (χ2n) is 3.78. The molecule has 0 aliphatic heterocycles. The predicted octanol–water partition coefficient (Wildman–Crippen LogP) is 0.851. The summed E-state index contributed by atoms with van der Waals surface area (Å²) in [6.45, 7) is 0.472. The van der Waals surface area contributed by atoms with Crippen LogP contribution in [0.1, 0.15) is 5.69 Å². The van der Waals surface area contributed by atoms with E-state index in [1.165, 1.54) is 0 Å². The van der Waals surface area contributed by atoms with Crippen LogP contribution in [-0.4, -0.2) is 15.7 Å². The highest BCUT2D eigenvalue weighted by Gasteiger charge is 1.99.